The molecule has 86 valence electrons. The van der Waals surface area contributed by atoms with Crippen molar-refractivity contribution in [2.45, 2.75) is 0 Å². The Balaban J connectivity index is 1.90. The van der Waals surface area contributed by atoms with Crippen LogP contribution in [-0.4, -0.2) is 6.92 Å². The van der Waals surface area contributed by atoms with E-state index in [1.807, 2.05) is 6.07 Å². The van der Waals surface area contributed by atoms with Gasteiger partial charge >= 0.3 is 6.92 Å². The zero-order valence-corrected chi connectivity index (χ0v) is 11.1. The van der Waals surface area contributed by atoms with Crippen molar-refractivity contribution in [3.05, 3.63) is 53.2 Å². The van der Waals surface area contributed by atoms with Crippen LogP contribution in [0.4, 0.5) is 0 Å². The standard InChI is InChI=1S/C14H9BOS2/c1-2-4-10(5-3-1)15-11-6-8-17-13(11)14-12(16-15)7-9-18-14/h1-9H. The molecule has 0 spiro atoms. The van der Waals surface area contributed by atoms with Gasteiger partial charge in [0.1, 0.15) is 5.75 Å². The van der Waals surface area contributed by atoms with Gasteiger partial charge in [-0.2, -0.15) is 0 Å². The molecule has 0 N–H and O–H groups in total. The molecule has 0 bridgehead atoms. The third-order valence-electron chi connectivity index (χ3n) is 3.16. The summed E-state index contributed by atoms with van der Waals surface area (Å²) in [4.78, 5) is 2.63. The summed E-state index contributed by atoms with van der Waals surface area (Å²) < 4.78 is 6.16. The lowest BCUT2D eigenvalue weighted by atomic mass is 9.54. The van der Waals surface area contributed by atoms with Gasteiger partial charge in [0.15, 0.2) is 0 Å². The number of rotatable bonds is 1. The second-order valence-electron chi connectivity index (χ2n) is 4.23. The highest BCUT2D eigenvalue weighted by molar-refractivity contribution is 7.22. The first-order chi connectivity index (χ1) is 8.93. The molecule has 0 atom stereocenters. The Labute approximate surface area is 114 Å². The van der Waals surface area contributed by atoms with Crippen LogP contribution in [0.2, 0.25) is 0 Å². The van der Waals surface area contributed by atoms with Crippen molar-refractivity contribution in [2.75, 3.05) is 0 Å². The molecule has 1 aliphatic heterocycles. The minimum absolute atomic E-state index is 0.0366. The summed E-state index contributed by atoms with van der Waals surface area (Å²) >= 11 is 3.56. The van der Waals surface area contributed by atoms with Crippen molar-refractivity contribution in [2.24, 2.45) is 0 Å². The van der Waals surface area contributed by atoms with Gasteiger partial charge in [-0.1, -0.05) is 36.4 Å². The summed E-state index contributed by atoms with van der Waals surface area (Å²) in [6.45, 7) is 0.0366. The fourth-order valence-corrected chi connectivity index (χ4v) is 4.28. The molecular weight excluding hydrogens is 259 g/mol. The van der Waals surface area contributed by atoms with Gasteiger partial charge < -0.3 is 4.65 Å². The first kappa shape index (κ1) is 10.4. The van der Waals surface area contributed by atoms with Crippen molar-refractivity contribution in [3.8, 4) is 15.5 Å². The molecule has 3 aromatic rings. The van der Waals surface area contributed by atoms with E-state index in [0.29, 0.717) is 0 Å². The number of fused-ring (bicyclic) bond motifs is 3. The summed E-state index contributed by atoms with van der Waals surface area (Å²) in [6, 6.07) is 14.7. The molecule has 18 heavy (non-hydrogen) atoms. The lowest BCUT2D eigenvalue weighted by Gasteiger charge is -2.21. The Kier molecular flexibility index (Phi) is 2.32. The largest absolute Gasteiger partial charge is 0.550 e. The molecule has 1 aromatic carbocycles. The molecule has 4 rings (SSSR count). The summed E-state index contributed by atoms with van der Waals surface area (Å²) in [6.07, 6.45) is 0. The zero-order valence-electron chi connectivity index (χ0n) is 9.50. The quantitative estimate of drug-likeness (QED) is 0.616. The van der Waals surface area contributed by atoms with Crippen LogP contribution in [0.5, 0.6) is 5.75 Å². The van der Waals surface area contributed by atoms with E-state index in [9.17, 15) is 0 Å². The minimum Gasteiger partial charge on any atom is -0.550 e. The van der Waals surface area contributed by atoms with Gasteiger partial charge in [-0.15, -0.1) is 22.7 Å². The highest BCUT2D eigenvalue weighted by Crippen LogP contribution is 2.40. The fourth-order valence-electron chi connectivity index (χ4n) is 2.33. The smallest absolute Gasteiger partial charge is 0.428 e. The molecule has 0 unspecified atom stereocenters. The Hall–Kier alpha value is -1.52. The SMILES string of the molecule is c1ccc(B2Oc3ccsc3-c3sccc32)cc1. The minimum atomic E-state index is 0.0366. The first-order valence-electron chi connectivity index (χ1n) is 5.80. The van der Waals surface area contributed by atoms with Crippen LogP contribution in [0.15, 0.2) is 53.2 Å². The summed E-state index contributed by atoms with van der Waals surface area (Å²) in [5.74, 6) is 1.02. The van der Waals surface area contributed by atoms with Crippen LogP contribution >= 0.6 is 22.7 Å². The summed E-state index contributed by atoms with van der Waals surface area (Å²) in [7, 11) is 0. The van der Waals surface area contributed by atoms with Crippen molar-refractivity contribution >= 4 is 40.5 Å². The van der Waals surface area contributed by atoms with Gasteiger partial charge in [0.05, 0.1) is 4.88 Å². The van der Waals surface area contributed by atoms with Crippen LogP contribution in [0, 0.1) is 0 Å². The monoisotopic (exact) mass is 268 g/mol. The highest BCUT2D eigenvalue weighted by atomic mass is 32.1. The average Bonchev–Trinajstić information content (AvgIpc) is 3.06. The Morgan fingerprint density at radius 1 is 0.833 bits per heavy atom. The van der Waals surface area contributed by atoms with Gasteiger partial charge in [0, 0.05) is 4.88 Å². The Morgan fingerprint density at radius 2 is 1.61 bits per heavy atom. The second-order valence-corrected chi connectivity index (χ2v) is 6.06. The topological polar surface area (TPSA) is 9.23 Å². The lowest BCUT2D eigenvalue weighted by molar-refractivity contribution is 0.594. The molecule has 0 saturated heterocycles. The van der Waals surface area contributed by atoms with Crippen LogP contribution < -0.4 is 15.6 Å². The van der Waals surface area contributed by atoms with Gasteiger partial charge in [-0.25, -0.2) is 0 Å². The Bertz CT molecular complexity index is 687. The van der Waals surface area contributed by atoms with Gasteiger partial charge in [-0.3, -0.25) is 0 Å². The summed E-state index contributed by atoms with van der Waals surface area (Å²) in [5.41, 5.74) is 2.51. The first-order valence-corrected chi connectivity index (χ1v) is 7.56. The molecular formula is C14H9BOS2. The van der Waals surface area contributed by atoms with Crippen LogP contribution in [0.25, 0.3) is 9.75 Å². The van der Waals surface area contributed by atoms with Crippen molar-refractivity contribution in [1.82, 2.24) is 0 Å². The molecule has 0 radical (unpaired) electrons. The predicted octanol–water partition coefficient (Wildman–Crippen LogP) is 2.97. The van der Waals surface area contributed by atoms with Crippen LogP contribution in [0.3, 0.4) is 0 Å². The molecule has 0 saturated carbocycles. The van der Waals surface area contributed by atoms with Crippen LogP contribution in [0.1, 0.15) is 0 Å². The Morgan fingerprint density at radius 3 is 2.50 bits per heavy atom. The number of hydrogen-bond donors (Lipinski definition) is 0. The normalized spacial score (nSPS) is 12.8. The van der Waals surface area contributed by atoms with Crippen LogP contribution in [-0.2, 0) is 0 Å². The molecule has 1 aliphatic rings. The van der Waals surface area contributed by atoms with E-state index in [2.05, 4.69) is 47.2 Å². The lowest BCUT2D eigenvalue weighted by Crippen LogP contribution is -2.49. The van der Waals surface area contributed by atoms with Crippen molar-refractivity contribution in [1.29, 1.82) is 0 Å². The predicted molar refractivity (Wildman–Crippen MR) is 79.7 cm³/mol. The van der Waals surface area contributed by atoms with E-state index >= 15 is 0 Å². The molecule has 1 nitrogen and oxygen atoms in total. The summed E-state index contributed by atoms with van der Waals surface area (Å²) in [5, 5.41) is 4.25. The fraction of sp³-hybridized carbons (Fsp3) is 0. The number of thiophene rings is 2. The number of hydrogen-bond acceptors (Lipinski definition) is 3. The molecule has 0 aliphatic carbocycles. The third kappa shape index (κ3) is 1.46. The van der Waals surface area contributed by atoms with Gasteiger partial charge in [0.2, 0.25) is 0 Å². The maximum absolute atomic E-state index is 6.16. The average molecular weight is 268 g/mol. The van der Waals surface area contributed by atoms with E-state index in [1.54, 1.807) is 22.7 Å². The molecule has 2 aromatic heterocycles. The second kappa shape index (κ2) is 4.00. The van der Waals surface area contributed by atoms with Gasteiger partial charge in [-0.05, 0) is 27.8 Å². The van der Waals surface area contributed by atoms with E-state index < -0.39 is 0 Å². The third-order valence-corrected chi connectivity index (χ3v) is 5.15. The maximum Gasteiger partial charge on any atom is 0.428 e. The zero-order chi connectivity index (χ0) is 11.9. The molecule has 4 heteroatoms. The van der Waals surface area contributed by atoms with E-state index in [-0.39, 0.29) is 6.92 Å². The molecule has 3 heterocycles. The molecule has 0 fully saturated rings. The van der Waals surface area contributed by atoms with Gasteiger partial charge in [0.25, 0.3) is 0 Å². The van der Waals surface area contributed by atoms with E-state index in [4.69, 9.17) is 4.65 Å². The van der Waals surface area contributed by atoms with E-state index in [0.717, 1.165) is 5.75 Å². The highest BCUT2D eigenvalue weighted by Gasteiger charge is 2.33. The maximum atomic E-state index is 6.16. The van der Waals surface area contributed by atoms with E-state index in [1.165, 1.54) is 20.7 Å². The number of benzene rings is 1. The van der Waals surface area contributed by atoms with Crippen molar-refractivity contribution < 1.29 is 4.65 Å². The molecule has 0 amide bonds. The van der Waals surface area contributed by atoms with Crippen molar-refractivity contribution in [3.63, 3.8) is 0 Å².